The van der Waals surface area contributed by atoms with E-state index < -0.39 is 0 Å². The van der Waals surface area contributed by atoms with Crippen molar-refractivity contribution in [2.24, 2.45) is 0 Å². The van der Waals surface area contributed by atoms with Gasteiger partial charge < -0.3 is 14.5 Å². The monoisotopic (exact) mass is 289 g/mol. The number of aromatic amines is 1. The van der Waals surface area contributed by atoms with Crippen LogP contribution < -0.4 is 24.2 Å². The third-order valence-electron chi connectivity index (χ3n) is 2.55. The van der Waals surface area contributed by atoms with Crippen LogP contribution in [-0.2, 0) is 0 Å². The zero-order chi connectivity index (χ0) is 14.5. The van der Waals surface area contributed by atoms with Crippen molar-refractivity contribution in [3.05, 3.63) is 56.0 Å². The molecule has 0 saturated carbocycles. The summed E-state index contributed by atoms with van der Waals surface area (Å²) in [4.78, 5) is 14.3. The number of nitrogens with one attached hydrogen (secondary N) is 1. The van der Waals surface area contributed by atoms with E-state index in [2.05, 4.69) is 18.1 Å². The smallest absolute Gasteiger partial charge is 0.266 e. The Hall–Kier alpha value is -2.27. The van der Waals surface area contributed by atoms with Gasteiger partial charge in [-0.1, -0.05) is 25.3 Å². The van der Waals surface area contributed by atoms with Gasteiger partial charge >= 0.3 is 0 Å². The minimum absolute atomic E-state index is 0.133. The van der Waals surface area contributed by atoms with E-state index in [0.29, 0.717) is 27.3 Å². The topological polar surface area (TPSA) is 51.3 Å². The van der Waals surface area contributed by atoms with Gasteiger partial charge in [0.1, 0.15) is 6.61 Å². The Bertz CT molecular complexity index is 773. The van der Waals surface area contributed by atoms with Gasteiger partial charge in [0.2, 0.25) is 0 Å². The fourth-order valence-electron chi connectivity index (χ4n) is 1.68. The zero-order valence-corrected chi connectivity index (χ0v) is 12.0. The van der Waals surface area contributed by atoms with Gasteiger partial charge in [-0.15, -0.1) is 11.3 Å². The van der Waals surface area contributed by atoms with Crippen LogP contribution in [-0.4, -0.2) is 18.7 Å². The fraction of sp³-hybridized carbons (Fsp3) is 0.133. The summed E-state index contributed by atoms with van der Waals surface area (Å²) in [7, 11) is 1.58. The molecule has 0 aliphatic rings. The predicted molar refractivity (Wildman–Crippen MR) is 82.0 cm³/mol. The second kappa shape index (κ2) is 6.25. The summed E-state index contributed by atoms with van der Waals surface area (Å²) in [6.45, 7) is 7.73. The number of hydrogen-bond donors (Lipinski definition) is 1. The number of thiazole rings is 1. The lowest BCUT2D eigenvalue weighted by Crippen LogP contribution is -2.19. The number of rotatable bonds is 5. The molecule has 0 amide bonds. The second-order valence-electron chi connectivity index (χ2n) is 4.00. The quantitative estimate of drug-likeness (QED) is 0.843. The van der Waals surface area contributed by atoms with Crippen LogP contribution in [0.15, 0.2) is 35.6 Å². The first-order valence-electron chi connectivity index (χ1n) is 5.95. The summed E-state index contributed by atoms with van der Waals surface area (Å²) in [6.07, 6.45) is 3.46. The minimum Gasteiger partial charge on any atom is -0.493 e. The van der Waals surface area contributed by atoms with Crippen LogP contribution in [0.2, 0.25) is 0 Å². The van der Waals surface area contributed by atoms with Crippen molar-refractivity contribution in [2.75, 3.05) is 13.7 Å². The van der Waals surface area contributed by atoms with E-state index in [-0.39, 0.29) is 5.56 Å². The van der Waals surface area contributed by atoms with Crippen LogP contribution in [0.1, 0.15) is 5.56 Å². The molecule has 0 aliphatic heterocycles. The van der Waals surface area contributed by atoms with E-state index in [1.807, 2.05) is 12.1 Å². The molecule has 0 aliphatic carbocycles. The molecule has 20 heavy (non-hydrogen) atoms. The second-order valence-corrected chi connectivity index (χ2v) is 5.13. The van der Waals surface area contributed by atoms with Gasteiger partial charge in [-0.3, -0.25) is 4.79 Å². The van der Waals surface area contributed by atoms with Gasteiger partial charge in [-0.05, 0) is 23.8 Å². The third-order valence-corrected chi connectivity index (χ3v) is 3.42. The van der Waals surface area contributed by atoms with Crippen molar-refractivity contribution < 1.29 is 9.47 Å². The molecule has 1 aromatic heterocycles. The molecule has 0 saturated heterocycles. The van der Waals surface area contributed by atoms with E-state index in [4.69, 9.17) is 9.47 Å². The normalized spacial score (nSPS) is 11.3. The first-order chi connectivity index (χ1) is 9.63. The Kier molecular flexibility index (Phi) is 4.42. The maximum atomic E-state index is 11.6. The first kappa shape index (κ1) is 14.1. The van der Waals surface area contributed by atoms with Gasteiger partial charge in [-0.2, -0.15) is 0 Å². The number of ether oxygens (including phenoxy) is 2. The summed E-state index contributed by atoms with van der Waals surface area (Å²) < 4.78 is 12.0. The first-order valence-corrected chi connectivity index (χ1v) is 6.77. The highest BCUT2D eigenvalue weighted by Gasteiger charge is 2.04. The van der Waals surface area contributed by atoms with Crippen molar-refractivity contribution in [1.82, 2.24) is 4.98 Å². The molecule has 2 rings (SSSR count). The summed E-state index contributed by atoms with van der Waals surface area (Å²) >= 11 is 1.32. The summed E-state index contributed by atoms with van der Waals surface area (Å²) in [6, 6.07) is 5.49. The lowest BCUT2D eigenvalue weighted by Gasteiger charge is -2.09. The molecule has 5 heteroatoms. The Morgan fingerprint density at radius 2 is 2.20 bits per heavy atom. The fourth-order valence-corrected chi connectivity index (χ4v) is 2.43. The maximum absolute atomic E-state index is 11.6. The molecule has 2 aromatic rings. The third kappa shape index (κ3) is 3.19. The lowest BCUT2D eigenvalue weighted by atomic mass is 10.2. The van der Waals surface area contributed by atoms with Crippen LogP contribution in [0.3, 0.4) is 0 Å². The highest BCUT2D eigenvalue weighted by atomic mass is 32.1. The van der Waals surface area contributed by atoms with E-state index in [1.54, 1.807) is 25.3 Å². The predicted octanol–water partition coefficient (Wildman–Crippen LogP) is 1.25. The number of benzene rings is 1. The van der Waals surface area contributed by atoms with E-state index in [0.717, 1.165) is 5.56 Å². The van der Waals surface area contributed by atoms with E-state index in [9.17, 15) is 4.79 Å². The minimum atomic E-state index is -0.133. The van der Waals surface area contributed by atoms with Gasteiger partial charge in [-0.25, -0.2) is 0 Å². The Labute approximate surface area is 120 Å². The van der Waals surface area contributed by atoms with E-state index >= 15 is 0 Å². The van der Waals surface area contributed by atoms with Gasteiger partial charge in [0.05, 0.1) is 16.3 Å². The van der Waals surface area contributed by atoms with Gasteiger partial charge in [0.15, 0.2) is 11.5 Å². The molecular weight excluding hydrogens is 274 g/mol. The number of aromatic nitrogens is 1. The van der Waals surface area contributed by atoms with Crippen molar-refractivity contribution in [3.8, 4) is 11.5 Å². The molecule has 0 fully saturated rings. The maximum Gasteiger partial charge on any atom is 0.266 e. The molecule has 4 nitrogen and oxygen atoms in total. The molecule has 104 valence electrons. The van der Waals surface area contributed by atoms with Crippen LogP contribution >= 0.6 is 11.3 Å². The van der Waals surface area contributed by atoms with Crippen molar-refractivity contribution in [1.29, 1.82) is 0 Å². The standard InChI is InChI=1S/C15H15NO3S/c1-4-7-19-12-6-5-11(8-13(12)18-3)9-14-15(17)16-10(2)20-14/h4-6,8-9H,1-2,7H2,3H3,(H,16,17). The number of H-pyrrole nitrogens is 1. The Morgan fingerprint density at radius 1 is 1.40 bits per heavy atom. The number of methoxy groups -OCH3 is 1. The molecule has 1 N–H and O–H groups in total. The van der Waals surface area contributed by atoms with Crippen LogP contribution in [0.4, 0.5) is 0 Å². The van der Waals surface area contributed by atoms with Gasteiger partial charge in [0.25, 0.3) is 5.56 Å². The average molecular weight is 289 g/mol. The molecule has 0 atom stereocenters. The SMILES string of the molecule is C=CCOc1ccc(C=c2sc(=C)[nH]c2=O)cc1OC. The summed E-state index contributed by atoms with van der Waals surface area (Å²) in [5, 5.41) is 0. The lowest BCUT2D eigenvalue weighted by molar-refractivity contribution is 0.326. The molecule has 0 unspecified atom stereocenters. The molecule has 0 bridgehead atoms. The van der Waals surface area contributed by atoms with Crippen LogP contribution in [0, 0.1) is 0 Å². The Morgan fingerprint density at radius 3 is 2.80 bits per heavy atom. The number of hydrogen-bond acceptors (Lipinski definition) is 4. The molecule has 0 spiro atoms. The molecular formula is C15H15NO3S. The summed E-state index contributed by atoms with van der Waals surface area (Å²) in [5.41, 5.74) is 0.728. The van der Waals surface area contributed by atoms with Crippen molar-refractivity contribution in [2.45, 2.75) is 0 Å². The molecule has 0 radical (unpaired) electrons. The largest absolute Gasteiger partial charge is 0.493 e. The average Bonchev–Trinajstić information content (AvgIpc) is 2.75. The summed E-state index contributed by atoms with van der Waals surface area (Å²) in [5.74, 6) is 1.26. The highest BCUT2D eigenvalue weighted by Crippen LogP contribution is 2.28. The highest BCUT2D eigenvalue weighted by molar-refractivity contribution is 7.07. The van der Waals surface area contributed by atoms with Crippen molar-refractivity contribution in [3.63, 3.8) is 0 Å². The van der Waals surface area contributed by atoms with Gasteiger partial charge in [0, 0.05) is 0 Å². The molecule has 1 heterocycles. The Balaban J connectivity index is 2.42. The van der Waals surface area contributed by atoms with Crippen molar-refractivity contribution >= 4 is 24.0 Å². The zero-order valence-electron chi connectivity index (χ0n) is 11.1. The van der Waals surface area contributed by atoms with E-state index in [1.165, 1.54) is 11.3 Å². The van der Waals surface area contributed by atoms with Crippen LogP contribution in [0.5, 0.6) is 11.5 Å². The molecule has 1 aromatic carbocycles. The van der Waals surface area contributed by atoms with Crippen LogP contribution in [0.25, 0.3) is 12.7 Å².